The fourth-order valence-electron chi connectivity index (χ4n) is 3.35. The van der Waals surface area contributed by atoms with Gasteiger partial charge in [0.05, 0.1) is 24.8 Å². The van der Waals surface area contributed by atoms with Crippen LogP contribution in [0.4, 0.5) is 8.78 Å². The molecule has 0 radical (unpaired) electrons. The molecule has 1 fully saturated rings. The zero-order chi connectivity index (χ0) is 19.8. The van der Waals surface area contributed by atoms with Crippen LogP contribution < -0.4 is 11.3 Å². The van der Waals surface area contributed by atoms with E-state index in [0.29, 0.717) is 16.3 Å². The average molecular weight is 376 g/mol. The van der Waals surface area contributed by atoms with Gasteiger partial charge in [0.15, 0.2) is 0 Å². The zero-order valence-corrected chi connectivity index (χ0v) is 14.2. The summed E-state index contributed by atoms with van der Waals surface area (Å²) in [6.45, 7) is -0.866. The van der Waals surface area contributed by atoms with Gasteiger partial charge in [0.2, 0.25) is 5.91 Å². The Morgan fingerprint density at radius 3 is 2.78 bits per heavy atom. The van der Waals surface area contributed by atoms with Gasteiger partial charge in [-0.2, -0.15) is 5.26 Å². The van der Waals surface area contributed by atoms with E-state index in [9.17, 15) is 23.5 Å². The number of nitrogens with one attached hydrogen (secondary N) is 1. The first kappa shape index (κ1) is 18.9. The molecular formula is C18H18F2N4O3. The Hall–Kier alpha value is -2.83. The number of carbonyl (C=O) groups is 1. The molecule has 7 nitrogen and oxygen atoms in total. The highest BCUT2D eigenvalue weighted by atomic mass is 19.3. The van der Waals surface area contributed by atoms with Crippen molar-refractivity contribution in [2.24, 2.45) is 5.73 Å². The average Bonchev–Trinajstić information content (AvgIpc) is 2.96. The standard InChI is InChI=1S/C18H18F2N4O3/c19-18(20)6-10(7-21)24(9-18)17(27)14(22)5-15(25)13-8-23-16(26)12-4-2-1-3-11(12)13/h1-4,8,10,14-15,25H,5-6,9,22H2,(H,23,26). The number of rotatable bonds is 4. The predicted molar refractivity (Wildman–Crippen MR) is 92.8 cm³/mol. The van der Waals surface area contributed by atoms with E-state index in [-0.39, 0.29) is 12.0 Å². The lowest BCUT2D eigenvalue weighted by Crippen LogP contribution is -2.46. The highest BCUT2D eigenvalue weighted by molar-refractivity contribution is 5.85. The number of hydrogen-bond acceptors (Lipinski definition) is 5. The van der Waals surface area contributed by atoms with Gasteiger partial charge in [0.25, 0.3) is 11.5 Å². The summed E-state index contributed by atoms with van der Waals surface area (Å²) in [6, 6.07) is 5.81. The van der Waals surface area contributed by atoms with Gasteiger partial charge in [-0.3, -0.25) is 9.59 Å². The number of alkyl halides is 2. The molecule has 1 aromatic carbocycles. The normalized spacial score (nSPS) is 21.0. The molecule has 1 saturated heterocycles. The molecule has 2 heterocycles. The number of nitrogens with two attached hydrogens (primary N) is 1. The minimum absolute atomic E-state index is 0.241. The van der Waals surface area contributed by atoms with Gasteiger partial charge in [-0.05, 0) is 11.5 Å². The Labute approximate surface area is 153 Å². The molecule has 0 spiro atoms. The number of H-pyrrole nitrogens is 1. The Balaban J connectivity index is 1.80. The summed E-state index contributed by atoms with van der Waals surface area (Å²) in [6.07, 6.45) is -0.826. The van der Waals surface area contributed by atoms with Gasteiger partial charge in [0.1, 0.15) is 6.04 Å². The number of amides is 1. The van der Waals surface area contributed by atoms with Crippen LogP contribution in [0, 0.1) is 11.3 Å². The number of aliphatic hydroxyl groups excluding tert-OH is 1. The summed E-state index contributed by atoms with van der Waals surface area (Å²) in [7, 11) is 0. The first-order valence-corrected chi connectivity index (χ1v) is 8.35. The molecule has 3 unspecified atom stereocenters. The highest BCUT2D eigenvalue weighted by Crippen LogP contribution is 2.33. The predicted octanol–water partition coefficient (Wildman–Crippen LogP) is 1.04. The summed E-state index contributed by atoms with van der Waals surface area (Å²) < 4.78 is 27.1. The molecule has 3 atom stereocenters. The maximum Gasteiger partial charge on any atom is 0.268 e. The van der Waals surface area contributed by atoms with Crippen LogP contribution >= 0.6 is 0 Å². The van der Waals surface area contributed by atoms with Crippen LogP contribution in [0.5, 0.6) is 0 Å². The van der Waals surface area contributed by atoms with E-state index in [0.717, 1.165) is 4.90 Å². The molecule has 0 saturated carbocycles. The van der Waals surface area contributed by atoms with Crippen molar-refractivity contribution in [2.45, 2.75) is 37.0 Å². The summed E-state index contributed by atoms with van der Waals surface area (Å²) in [4.78, 5) is 27.6. The van der Waals surface area contributed by atoms with Crippen LogP contribution in [0.3, 0.4) is 0 Å². The van der Waals surface area contributed by atoms with Gasteiger partial charge in [0, 0.05) is 30.0 Å². The van der Waals surface area contributed by atoms with E-state index in [1.54, 1.807) is 30.3 Å². The molecule has 4 N–H and O–H groups in total. The van der Waals surface area contributed by atoms with Crippen LogP contribution in [0.15, 0.2) is 35.3 Å². The number of benzene rings is 1. The maximum atomic E-state index is 13.5. The lowest BCUT2D eigenvalue weighted by molar-refractivity contribution is -0.134. The Morgan fingerprint density at radius 2 is 2.11 bits per heavy atom. The number of likely N-dealkylation sites (tertiary alicyclic amines) is 1. The maximum absolute atomic E-state index is 13.5. The number of aliphatic hydroxyl groups is 1. The molecule has 1 aliphatic heterocycles. The molecule has 1 aromatic heterocycles. The molecule has 27 heavy (non-hydrogen) atoms. The third kappa shape index (κ3) is 3.67. The fourth-order valence-corrected chi connectivity index (χ4v) is 3.35. The highest BCUT2D eigenvalue weighted by Gasteiger charge is 2.48. The van der Waals surface area contributed by atoms with Crippen LogP contribution in [-0.2, 0) is 4.79 Å². The number of fused-ring (bicyclic) bond motifs is 1. The van der Waals surface area contributed by atoms with Crippen molar-refractivity contribution in [3.8, 4) is 6.07 Å². The number of carbonyl (C=O) groups excluding carboxylic acids is 1. The third-order valence-corrected chi connectivity index (χ3v) is 4.70. The Bertz CT molecular complexity index is 969. The van der Waals surface area contributed by atoms with Gasteiger partial charge in [-0.15, -0.1) is 0 Å². The van der Waals surface area contributed by atoms with Crippen LogP contribution in [-0.4, -0.2) is 45.4 Å². The van der Waals surface area contributed by atoms with Gasteiger partial charge in [-0.1, -0.05) is 18.2 Å². The number of halogens is 2. The van der Waals surface area contributed by atoms with E-state index < -0.39 is 43.0 Å². The van der Waals surface area contributed by atoms with Gasteiger partial charge < -0.3 is 20.7 Å². The first-order chi connectivity index (χ1) is 12.7. The molecular weight excluding hydrogens is 358 g/mol. The molecule has 0 bridgehead atoms. The Morgan fingerprint density at radius 1 is 1.44 bits per heavy atom. The topological polar surface area (TPSA) is 123 Å². The van der Waals surface area contributed by atoms with Crippen molar-refractivity contribution >= 4 is 16.7 Å². The number of hydrogen-bond donors (Lipinski definition) is 3. The molecule has 142 valence electrons. The van der Waals surface area contributed by atoms with E-state index in [4.69, 9.17) is 11.0 Å². The van der Waals surface area contributed by atoms with Crippen molar-refractivity contribution in [3.05, 3.63) is 46.4 Å². The van der Waals surface area contributed by atoms with Crippen molar-refractivity contribution in [1.29, 1.82) is 5.26 Å². The fraction of sp³-hybridized carbons (Fsp3) is 0.389. The smallest absolute Gasteiger partial charge is 0.268 e. The van der Waals surface area contributed by atoms with Crippen molar-refractivity contribution < 1.29 is 18.7 Å². The number of aromatic amines is 1. The van der Waals surface area contributed by atoms with Crippen LogP contribution in [0.2, 0.25) is 0 Å². The Kier molecular flexibility index (Phi) is 4.95. The minimum Gasteiger partial charge on any atom is -0.388 e. The SMILES string of the molecule is N#CC1CC(F)(F)CN1C(=O)C(N)CC(O)c1c[nH]c(=O)c2ccccc12. The van der Waals surface area contributed by atoms with E-state index in [1.165, 1.54) is 6.20 Å². The van der Waals surface area contributed by atoms with Crippen molar-refractivity contribution in [2.75, 3.05) is 6.54 Å². The molecule has 9 heteroatoms. The number of nitriles is 1. The van der Waals surface area contributed by atoms with Crippen molar-refractivity contribution in [3.63, 3.8) is 0 Å². The lowest BCUT2D eigenvalue weighted by Gasteiger charge is -2.24. The van der Waals surface area contributed by atoms with E-state index in [2.05, 4.69) is 4.98 Å². The number of aromatic nitrogens is 1. The third-order valence-electron chi connectivity index (χ3n) is 4.70. The molecule has 1 amide bonds. The van der Waals surface area contributed by atoms with Crippen molar-refractivity contribution in [1.82, 2.24) is 9.88 Å². The van der Waals surface area contributed by atoms with E-state index in [1.807, 2.05) is 0 Å². The van der Waals surface area contributed by atoms with Crippen LogP contribution in [0.25, 0.3) is 10.8 Å². The molecule has 2 aromatic rings. The summed E-state index contributed by atoms with van der Waals surface area (Å²) in [5.41, 5.74) is 5.89. The second kappa shape index (κ2) is 7.06. The summed E-state index contributed by atoms with van der Waals surface area (Å²) in [5, 5.41) is 20.4. The minimum atomic E-state index is -3.14. The molecule has 3 rings (SSSR count). The van der Waals surface area contributed by atoms with Crippen LogP contribution in [0.1, 0.15) is 24.5 Å². The number of nitrogens with zero attached hydrogens (tertiary/aromatic N) is 2. The molecule has 1 aliphatic rings. The van der Waals surface area contributed by atoms with Gasteiger partial charge >= 0.3 is 0 Å². The summed E-state index contributed by atoms with van der Waals surface area (Å²) >= 11 is 0. The number of pyridine rings is 1. The van der Waals surface area contributed by atoms with E-state index >= 15 is 0 Å². The quantitative estimate of drug-likeness (QED) is 0.736. The van der Waals surface area contributed by atoms with Gasteiger partial charge in [-0.25, -0.2) is 8.78 Å². The summed E-state index contributed by atoms with van der Waals surface area (Å²) in [5.74, 6) is -3.95. The molecule has 0 aliphatic carbocycles. The zero-order valence-electron chi connectivity index (χ0n) is 14.2. The lowest BCUT2D eigenvalue weighted by atomic mass is 9.98. The second-order valence-corrected chi connectivity index (χ2v) is 6.65. The largest absolute Gasteiger partial charge is 0.388 e. The monoisotopic (exact) mass is 376 g/mol. The second-order valence-electron chi connectivity index (χ2n) is 6.65. The first-order valence-electron chi connectivity index (χ1n) is 8.35.